The molecule has 0 unspecified atom stereocenters. The molecule has 2 nitrogen and oxygen atoms in total. The van der Waals surface area contributed by atoms with Gasteiger partial charge >= 0.3 is 6.98 Å². The molecular weight excluding hydrogens is 178 g/mol. The van der Waals surface area contributed by atoms with E-state index in [1.165, 1.54) is 0 Å². The summed E-state index contributed by atoms with van der Waals surface area (Å²) in [6.45, 7) is -4.63. The van der Waals surface area contributed by atoms with Gasteiger partial charge in [-0.05, 0) is 6.44 Å². The molecular formula is C4H6BF3NOS-. The van der Waals surface area contributed by atoms with Gasteiger partial charge in [0.05, 0.1) is 0 Å². The molecule has 7 heteroatoms. The zero-order chi connectivity index (χ0) is 8.48. The molecule has 0 saturated carbocycles. The molecule has 0 aromatic heterocycles. The molecule has 1 rings (SSSR count). The van der Waals surface area contributed by atoms with Gasteiger partial charge in [-0.1, -0.05) is 11.8 Å². The Bertz CT molecular complexity index is 173. The van der Waals surface area contributed by atoms with Crippen molar-refractivity contribution in [2.75, 3.05) is 18.7 Å². The van der Waals surface area contributed by atoms with Crippen LogP contribution < -0.4 is 0 Å². The first-order chi connectivity index (χ1) is 4.99. The van der Waals surface area contributed by atoms with E-state index in [-0.39, 0.29) is 6.54 Å². The zero-order valence-electron chi connectivity index (χ0n) is 5.60. The van der Waals surface area contributed by atoms with Crippen LogP contribution in [0.4, 0.5) is 17.7 Å². The number of halogens is 3. The molecule has 11 heavy (non-hydrogen) atoms. The van der Waals surface area contributed by atoms with Gasteiger partial charge in [0.15, 0.2) is 0 Å². The maximum Gasteiger partial charge on any atom is 0.497 e. The van der Waals surface area contributed by atoms with E-state index < -0.39 is 18.7 Å². The summed E-state index contributed by atoms with van der Waals surface area (Å²) in [6.07, 6.45) is -1.05. The van der Waals surface area contributed by atoms with Crippen LogP contribution in [0.15, 0.2) is 0 Å². The minimum atomic E-state index is -4.85. The fourth-order valence-corrected chi connectivity index (χ4v) is 1.68. The number of hydrogen-bond donors (Lipinski definition) is 0. The van der Waals surface area contributed by atoms with Crippen molar-refractivity contribution in [1.29, 1.82) is 0 Å². The molecule has 1 saturated heterocycles. The minimum Gasteiger partial charge on any atom is -0.448 e. The molecule has 0 N–H and O–H groups in total. The number of thioether (sulfide) groups is 1. The van der Waals surface area contributed by atoms with Crippen molar-refractivity contribution in [1.82, 2.24) is 4.90 Å². The monoisotopic (exact) mass is 184 g/mol. The average Bonchev–Trinajstić information content (AvgIpc) is 2.12. The summed E-state index contributed by atoms with van der Waals surface area (Å²) in [5.74, 6) is 0.477. The molecule has 0 radical (unpaired) electrons. The van der Waals surface area contributed by atoms with Gasteiger partial charge in [-0.25, -0.2) is 0 Å². The summed E-state index contributed by atoms with van der Waals surface area (Å²) in [4.78, 5) is 11.5. The lowest BCUT2D eigenvalue weighted by molar-refractivity contribution is 0.231. The largest absolute Gasteiger partial charge is 0.497 e. The number of hydrogen-bond acceptors (Lipinski definition) is 2. The molecule has 64 valence electrons. The summed E-state index contributed by atoms with van der Waals surface area (Å²) in [5, 5.41) is -0.454. The van der Waals surface area contributed by atoms with Crippen molar-refractivity contribution in [2.24, 2.45) is 0 Å². The number of rotatable bonds is 2. The Kier molecular flexibility index (Phi) is 2.36. The first kappa shape index (κ1) is 8.77. The second kappa shape index (κ2) is 2.96. The molecule has 0 spiro atoms. The van der Waals surface area contributed by atoms with E-state index in [0.29, 0.717) is 5.75 Å². The van der Waals surface area contributed by atoms with Crippen molar-refractivity contribution in [3.8, 4) is 0 Å². The Hall–Kier alpha value is -0.325. The average molecular weight is 184 g/mol. The van der Waals surface area contributed by atoms with E-state index >= 15 is 0 Å². The Balaban J connectivity index is 2.43. The van der Waals surface area contributed by atoms with Crippen LogP contribution >= 0.6 is 11.8 Å². The number of amides is 1. The lowest BCUT2D eigenvalue weighted by Gasteiger charge is -2.21. The fourth-order valence-electron chi connectivity index (χ4n) is 0.841. The Morgan fingerprint density at radius 2 is 2.18 bits per heavy atom. The molecule has 0 atom stereocenters. The van der Waals surface area contributed by atoms with Crippen LogP contribution in [0.25, 0.3) is 0 Å². The van der Waals surface area contributed by atoms with E-state index in [0.717, 1.165) is 16.7 Å². The van der Waals surface area contributed by atoms with E-state index in [9.17, 15) is 17.7 Å². The number of nitrogens with zero attached hydrogens (tertiary/aromatic N) is 1. The third kappa shape index (κ3) is 2.65. The summed E-state index contributed by atoms with van der Waals surface area (Å²) in [6, 6.07) is 0. The van der Waals surface area contributed by atoms with Crippen molar-refractivity contribution < 1.29 is 17.7 Å². The third-order valence-electron chi connectivity index (χ3n) is 1.27. The lowest BCUT2D eigenvalue weighted by atomic mass is 9.91. The van der Waals surface area contributed by atoms with E-state index in [1.807, 2.05) is 0 Å². The van der Waals surface area contributed by atoms with Crippen molar-refractivity contribution in [3.63, 3.8) is 0 Å². The van der Waals surface area contributed by atoms with Crippen LogP contribution in [0.5, 0.6) is 0 Å². The topological polar surface area (TPSA) is 20.3 Å². The van der Waals surface area contributed by atoms with Crippen LogP contribution in [-0.4, -0.2) is 35.9 Å². The molecule has 0 aliphatic carbocycles. The molecule has 1 aliphatic rings. The summed E-state index contributed by atoms with van der Waals surface area (Å²) >= 11 is 0.943. The van der Waals surface area contributed by atoms with Crippen molar-refractivity contribution >= 4 is 24.0 Å². The Morgan fingerprint density at radius 3 is 2.55 bits per heavy atom. The smallest absolute Gasteiger partial charge is 0.448 e. The number of carbonyl (C=O) groups is 1. The first-order valence-electron chi connectivity index (χ1n) is 3.12. The van der Waals surface area contributed by atoms with Gasteiger partial charge in [0, 0.05) is 12.3 Å². The van der Waals surface area contributed by atoms with Crippen LogP contribution in [0, 0.1) is 0 Å². The molecule has 0 aromatic rings. The Morgan fingerprint density at radius 1 is 1.55 bits per heavy atom. The first-order valence-corrected chi connectivity index (χ1v) is 4.10. The van der Waals surface area contributed by atoms with Gasteiger partial charge in [-0.15, -0.1) is 0 Å². The van der Waals surface area contributed by atoms with Gasteiger partial charge in [0.1, 0.15) is 0 Å². The second-order valence-electron chi connectivity index (χ2n) is 2.27. The zero-order valence-corrected chi connectivity index (χ0v) is 6.41. The SMILES string of the molecule is O=C1SCCN1C[B-](F)(F)F. The van der Waals surface area contributed by atoms with Crippen LogP contribution in [-0.2, 0) is 0 Å². The maximum atomic E-state index is 11.7. The van der Waals surface area contributed by atoms with Crippen LogP contribution in [0.2, 0.25) is 0 Å². The van der Waals surface area contributed by atoms with Crippen LogP contribution in [0.3, 0.4) is 0 Å². The highest BCUT2D eigenvalue weighted by Crippen LogP contribution is 2.20. The molecule has 0 aromatic carbocycles. The highest BCUT2D eigenvalue weighted by molar-refractivity contribution is 8.13. The quantitative estimate of drug-likeness (QED) is 0.606. The van der Waals surface area contributed by atoms with Gasteiger partial charge in [-0.2, -0.15) is 0 Å². The molecule has 1 aliphatic heterocycles. The minimum absolute atomic E-state index is 0.227. The number of carbonyl (C=O) groups excluding carboxylic acids is 1. The van der Waals surface area contributed by atoms with Crippen molar-refractivity contribution in [3.05, 3.63) is 0 Å². The van der Waals surface area contributed by atoms with Crippen LogP contribution in [0.1, 0.15) is 0 Å². The molecule has 1 fully saturated rings. The van der Waals surface area contributed by atoms with Gasteiger partial charge in [-0.3, -0.25) is 4.79 Å². The van der Waals surface area contributed by atoms with Crippen molar-refractivity contribution in [2.45, 2.75) is 0 Å². The van der Waals surface area contributed by atoms with E-state index in [2.05, 4.69) is 0 Å². The standard InChI is InChI=1S/C4H6BF3NOS/c6-5(7,8)3-9-1-2-11-4(9)10/h1-3H2/q-1. The van der Waals surface area contributed by atoms with Gasteiger partial charge < -0.3 is 17.8 Å². The fraction of sp³-hybridized carbons (Fsp3) is 0.750. The van der Waals surface area contributed by atoms with E-state index in [1.54, 1.807) is 0 Å². The molecule has 1 heterocycles. The summed E-state index contributed by atoms with van der Waals surface area (Å²) in [7, 11) is 0. The summed E-state index contributed by atoms with van der Waals surface area (Å²) < 4.78 is 35.2. The van der Waals surface area contributed by atoms with Gasteiger partial charge in [0.25, 0.3) is 5.24 Å². The van der Waals surface area contributed by atoms with E-state index in [4.69, 9.17) is 0 Å². The summed E-state index contributed by atoms with van der Waals surface area (Å²) in [5.41, 5.74) is 0. The molecule has 0 bridgehead atoms. The second-order valence-corrected chi connectivity index (χ2v) is 3.32. The predicted molar refractivity (Wildman–Crippen MR) is 38.5 cm³/mol. The highest BCUT2D eigenvalue weighted by Gasteiger charge is 2.31. The maximum absolute atomic E-state index is 11.7. The lowest BCUT2D eigenvalue weighted by Crippen LogP contribution is -2.37. The normalized spacial score (nSPS) is 19.5. The Labute approximate surface area is 66.2 Å². The third-order valence-corrected chi connectivity index (χ3v) is 2.16. The highest BCUT2D eigenvalue weighted by atomic mass is 32.2. The predicted octanol–water partition coefficient (Wildman–Crippen LogP) is 1.54. The van der Waals surface area contributed by atoms with Gasteiger partial charge in [0.2, 0.25) is 0 Å². The molecule has 1 amide bonds.